The molecule has 0 aromatic rings. The van der Waals surface area contributed by atoms with Crippen molar-refractivity contribution in [1.29, 1.82) is 0 Å². The lowest BCUT2D eigenvalue weighted by Crippen LogP contribution is -2.54. The Kier molecular flexibility index (Phi) is 15.4. The number of unbranched alkanes of at least 4 members (excludes halogenated alkanes) is 13. The van der Waals surface area contributed by atoms with Gasteiger partial charge < -0.3 is 24.8 Å². The van der Waals surface area contributed by atoms with Crippen LogP contribution in [-0.2, 0) is 9.47 Å². The zero-order valence-electron chi connectivity index (χ0n) is 17.5. The van der Waals surface area contributed by atoms with Gasteiger partial charge in [-0.1, -0.05) is 90.4 Å². The summed E-state index contributed by atoms with van der Waals surface area (Å²) in [5, 5.41) is 28.8. The summed E-state index contributed by atoms with van der Waals surface area (Å²) in [7, 11) is 0. The fourth-order valence-corrected chi connectivity index (χ4v) is 3.61. The Morgan fingerprint density at radius 2 is 1.19 bits per heavy atom. The Morgan fingerprint density at radius 3 is 1.70 bits per heavy atom. The first-order valence-corrected chi connectivity index (χ1v) is 11.4. The average molecular weight is 389 g/mol. The zero-order valence-corrected chi connectivity index (χ0v) is 17.5. The first-order chi connectivity index (χ1) is 13.2. The van der Waals surface area contributed by atoms with Crippen LogP contribution in [-0.4, -0.2) is 59.6 Å². The van der Waals surface area contributed by atoms with Gasteiger partial charge in [0, 0.05) is 6.61 Å². The minimum absolute atomic E-state index is 0.0467. The lowest BCUT2D eigenvalue weighted by molar-refractivity contribution is -0.199. The highest BCUT2D eigenvalue weighted by molar-refractivity contribution is 4.86. The van der Waals surface area contributed by atoms with Gasteiger partial charge in [-0.3, -0.25) is 0 Å². The third-order valence-corrected chi connectivity index (χ3v) is 5.53. The molecule has 0 amide bonds. The predicted molar refractivity (Wildman–Crippen MR) is 109 cm³/mol. The topological polar surface area (TPSA) is 79.2 Å². The van der Waals surface area contributed by atoms with Crippen molar-refractivity contribution in [2.24, 2.45) is 0 Å². The molecule has 4 atom stereocenters. The molecule has 0 aromatic carbocycles. The molecule has 0 aromatic heterocycles. The molecule has 1 fully saturated rings. The van der Waals surface area contributed by atoms with Crippen molar-refractivity contribution in [3.63, 3.8) is 0 Å². The molecular formula is C22H44O5. The highest BCUT2D eigenvalue weighted by Crippen LogP contribution is 2.16. The number of ether oxygens (including phenoxy) is 2. The summed E-state index contributed by atoms with van der Waals surface area (Å²) >= 11 is 0. The first-order valence-electron chi connectivity index (χ1n) is 11.4. The van der Waals surface area contributed by atoms with E-state index in [0.717, 1.165) is 6.42 Å². The molecule has 3 N–H and O–H groups in total. The van der Waals surface area contributed by atoms with E-state index in [0.29, 0.717) is 6.61 Å². The summed E-state index contributed by atoms with van der Waals surface area (Å²) < 4.78 is 10.9. The smallest absolute Gasteiger partial charge is 0.111 e. The Bertz CT molecular complexity index is 326. The van der Waals surface area contributed by atoms with Gasteiger partial charge >= 0.3 is 0 Å². The van der Waals surface area contributed by atoms with Crippen LogP contribution >= 0.6 is 0 Å². The Morgan fingerprint density at radius 1 is 0.704 bits per heavy atom. The van der Waals surface area contributed by atoms with Crippen LogP contribution < -0.4 is 0 Å². The van der Waals surface area contributed by atoms with E-state index in [2.05, 4.69) is 6.92 Å². The van der Waals surface area contributed by atoms with Gasteiger partial charge in [-0.2, -0.15) is 0 Å². The highest BCUT2D eigenvalue weighted by Gasteiger charge is 2.37. The summed E-state index contributed by atoms with van der Waals surface area (Å²) in [4.78, 5) is 0. The van der Waals surface area contributed by atoms with Gasteiger partial charge in [0.15, 0.2) is 0 Å². The molecule has 162 valence electrons. The lowest BCUT2D eigenvalue weighted by atomic mass is 10.0. The molecule has 0 aliphatic carbocycles. The van der Waals surface area contributed by atoms with Crippen LogP contribution in [0.3, 0.4) is 0 Å². The van der Waals surface area contributed by atoms with Gasteiger partial charge in [0.2, 0.25) is 0 Å². The molecule has 0 bridgehead atoms. The molecule has 1 rings (SSSR count). The summed E-state index contributed by atoms with van der Waals surface area (Å²) in [6, 6.07) is 0. The maximum absolute atomic E-state index is 9.82. The number of rotatable bonds is 17. The van der Waals surface area contributed by atoms with E-state index in [-0.39, 0.29) is 13.2 Å². The van der Waals surface area contributed by atoms with Gasteiger partial charge in [0.05, 0.1) is 13.2 Å². The summed E-state index contributed by atoms with van der Waals surface area (Å²) in [5.41, 5.74) is 0. The number of aliphatic hydroxyl groups is 3. The van der Waals surface area contributed by atoms with Crippen molar-refractivity contribution >= 4 is 0 Å². The Labute approximate surface area is 166 Å². The van der Waals surface area contributed by atoms with E-state index < -0.39 is 24.4 Å². The lowest BCUT2D eigenvalue weighted by Gasteiger charge is -2.35. The van der Waals surface area contributed by atoms with Crippen LogP contribution in [0.5, 0.6) is 0 Å². The third kappa shape index (κ3) is 12.1. The van der Waals surface area contributed by atoms with Crippen molar-refractivity contribution in [3.05, 3.63) is 0 Å². The molecule has 0 spiro atoms. The normalized spacial score (nSPS) is 25.8. The summed E-state index contributed by atoms with van der Waals surface area (Å²) in [5.74, 6) is 0. The van der Waals surface area contributed by atoms with Crippen LogP contribution in [0.15, 0.2) is 0 Å². The molecule has 0 unspecified atom stereocenters. The SMILES string of the molecule is CCCCCCCCCCCCCCCCOC[C@@H]1OC[C@@H](O)[C@H](O)[C@H]1O. The molecule has 27 heavy (non-hydrogen) atoms. The van der Waals surface area contributed by atoms with E-state index in [4.69, 9.17) is 9.47 Å². The van der Waals surface area contributed by atoms with E-state index in [1.165, 1.54) is 83.5 Å². The van der Waals surface area contributed by atoms with Crippen LogP contribution in [0.4, 0.5) is 0 Å². The molecule has 1 aliphatic rings. The summed E-state index contributed by atoms with van der Waals surface area (Å²) in [6.07, 6.45) is 14.9. The second kappa shape index (κ2) is 16.7. The monoisotopic (exact) mass is 388 g/mol. The summed E-state index contributed by atoms with van der Waals surface area (Å²) in [6.45, 7) is 3.24. The zero-order chi connectivity index (χ0) is 19.7. The van der Waals surface area contributed by atoms with Crippen LogP contribution in [0.2, 0.25) is 0 Å². The van der Waals surface area contributed by atoms with Crippen molar-refractivity contribution in [3.8, 4) is 0 Å². The Hall–Kier alpha value is -0.200. The van der Waals surface area contributed by atoms with Gasteiger partial charge in [-0.15, -0.1) is 0 Å². The molecule has 5 heteroatoms. The predicted octanol–water partition coefficient (Wildman–Crippen LogP) is 3.97. The van der Waals surface area contributed by atoms with Gasteiger partial charge in [-0.25, -0.2) is 0 Å². The van der Waals surface area contributed by atoms with E-state index in [1.54, 1.807) is 0 Å². The highest BCUT2D eigenvalue weighted by atomic mass is 16.6. The van der Waals surface area contributed by atoms with Gasteiger partial charge in [0.1, 0.15) is 24.4 Å². The quantitative estimate of drug-likeness (QED) is 0.329. The van der Waals surface area contributed by atoms with Crippen molar-refractivity contribution in [1.82, 2.24) is 0 Å². The van der Waals surface area contributed by atoms with Crippen LogP contribution in [0.1, 0.15) is 96.8 Å². The molecule has 0 radical (unpaired) electrons. The van der Waals surface area contributed by atoms with Gasteiger partial charge in [0.25, 0.3) is 0 Å². The Balaban J connectivity index is 1.78. The number of hydrogen-bond donors (Lipinski definition) is 3. The molecule has 1 saturated heterocycles. The van der Waals surface area contributed by atoms with Crippen molar-refractivity contribution in [2.45, 2.75) is 121 Å². The number of hydrogen-bond acceptors (Lipinski definition) is 5. The van der Waals surface area contributed by atoms with E-state index >= 15 is 0 Å². The third-order valence-electron chi connectivity index (χ3n) is 5.53. The fraction of sp³-hybridized carbons (Fsp3) is 1.00. The maximum Gasteiger partial charge on any atom is 0.111 e. The van der Waals surface area contributed by atoms with Crippen molar-refractivity contribution < 1.29 is 24.8 Å². The van der Waals surface area contributed by atoms with E-state index in [1.807, 2.05) is 0 Å². The average Bonchev–Trinajstić information content (AvgIpc) is 2.67. The molecule has 1 heterocycles. The minimum Gasteiger partial charge on any atom is -0.388 e. The van der Waals surface area contributed by atoms with E-state index in [9.17, 15) is 15.3 Å². The molecule has 5 nitrogen and oxygen atoms in total. The number of aliphatic hydroxyl groups excluding tert-OH is 3. The fourth-order valence-electron chi connectivity index (χ4n) is 3.61. The largest absolute Gasteiger partial charge is 0.388 e. The first kappa shape index (κ1) is 24.8. The molecule has 0 saturated carbocycles. The van der Waals surface area contributed by atoms with Crippen LogP contribution in [0, 0.1) is 0 Å². The second-order valence-corrected chi connectivity index (χ2v) is 8.09. The standard InChI is InChI=1S/C22H44O5/c1-2-3-4-5-6-7-8-9-10-11-12-13-14-15-16-26-18-20-22(25)21(24)19(23)17-27-20/h19-25H,2-18H2,1H3/t19-,20+,21+,22+/m1/s1. The molecule has 1 aliphatic heterocycles. The second-order valence-electron chi connectivity index (χ2n) is 8.09. The van der Waals surface area contributed by atoms with Gasteiger partial charge in [-0.05, 0) is 6.42 Å². The minimum atomic E-state index is -1.14. The van der Waals surface area contributed by atoms with Crippen molar-refractivity contribution in [2.75, 3.05) is 19.8 Å². The maximum atomic E-state index is 9.82. The van der Waals surface area contributed by atoms with Crippen LogP contribution in [0.25, 0.3) is 0 Å². The molecular weight excluding hydrogens is 344 g/mol.